The van der Waals surface area contributed by atoms with Crippen LogP contribution in [0.5, 0.6) is 0 Å². The summed E-state index contributed by atoms with van der Waals surface area (Å²) in [4.78, 5) is 0. The lowest BCUT2D eigenvalue weighted by molar-refractivity contribution is 0.510. The van der Waals surface area contributed by atoms with Crippen LogP contribution in [0.4, 0.5) is 13.2 Å². The van der Waals surface area contributed by atoms with E-state index in [2.05, 4.69) is 0 Å². The first-order chi connectivity index (χ1) is 5.52. The maximum atomic E-state index is 12.8. The smallest absolute Gasteiger partial charge is 0.133 e. The van der Waals surface area contributed by atoms with Crippen molar-refractivity contribution < 1.29 is 13.2 Å². The zero-order chi connectivity index (χ0) is 9.30. The molecule has 0 aliphatic carbocycles. The van der Waals surface area contributed by atoms with Crippen molar-refractivity contribution in [2.75, 3.05) is 0 Å². The molecule has 1 aromatic carbocycles. The highest BCUT2D eigenvalue weighted by molar-refractivity contribution is 5.23. The minimum atomic E-state index is -0.942. The number of hydrogen-bond acceptors (Lipinski definition) is 1. The maximum absolute atomic E-state index is 12.8. The Morgan fingerprint density at radius 1 is 1.17 bits per heavy atom. The SMILES string of the molecule is CC(N)c1c(F)cc(F)cc1F. The molecule has 2 N–H and O–H groups in total. The van der Waals surface area contributed by atoms with Gasteiger partial charge < -0.3 is 5.73 Å². The van der Waals surface area contributed by atoms with Crippen molar-refractivity contribution in [3.05, 3.63) is 35.1 Å². The Balaban J connectivity index is 3.28. The summed E-state index contributed by atoms with van der Waals surface area (Å²) >= 11 is 0. The summed E-state index contributed by atoms with van der Waals surface area (Å²) in [7, 11) is 0. The summed E-state index contributed by atoms with van der Waals surface area (Å²) < 4.78 is 38.0. The van der Waals surface area contributed by atoms with Crippen LogP contribution >= 0.6 is 0 Å². The topological polar surface area (TPSA) is 26.0 Å². The summed E-state index contributed by atoms with van der Waals surface area (Å²) in [5.74, 6) is -2.82. The lowest BCUT2D eigenvalue weighted by Gasteiger charge is -2.07. The van der Waals surface area contributed by atoms with Crippen LogP contribution in [0.15, 0.2) is 12.1 Å². The molecular formula is C8H8F3N. The van der Waals surface area contributed by atoms with Crippen LogP contribution in [0.2, 0.25) is 0 Å². The first-order valence-electron chi connectivity index (χ1n) is 3.42. The molecule has 0 aromatic heterocycles. The lowest BCUT2D eigenvalue weighted by Crippen LogP contribution is -2.10. The van der Waals surface area contributed by atoms with Crippen LogP contribution < -0.4 is 5.73 Å². The van der Waals surface area contributed by atoms with Gasteiger partial charge in [0.2, 0.25) is 0 Å². The van der Waals surface area contributed by atoms with Crippen LogP contribution in [0.25, 0.3) is 0 Å². The molecule has 66 valence electrons. The lowest BCUT2D eigenvalue weighted by atomic mass is 10.1. The van der Waals surface area contributed by atoms with Crippen LogP contribution in [-0.2, 0) is 0 Å². The van der Waals surface area contributed by atoms with Crippen molar-refractivity contribution in [1.29, 1.82) is 0 Å². The van der Waals surface area contributed by atoms with Gasteiger partial charge in [-0.25, -0.2) is 13.2 Å². The van der Waals surface area contributed by atoms with E-state index in [-0.39, 0.29) is 5.56 Å². The molecule has 0 heterocycles. The van der Waals surface area contributed by atoms with Gasteiger partial charge in [0.1, 0.15) is 17.5 Å². The molecule has 0 aliphatic rings. The molecule has 0 bridgehead atoms. The molecule has 0 saturated heterocycles. The van der Waals surface area contributed by atoms with Gasteiger partial charge >= 0.3 is 0 Å². The minimum absolute atomic E-state index is 0.281. The quantitative estimate of drug-likeness (QED) is 0.695. The van der Waals surface area contributed by atoms with Crippen LogP contribution in [0, 0.1) is 17.5 Å². The number of halogens is 3. The number of hydrogen-bond donors (Lipinski definition) is 1. The second-order valence-corrected chi connectivity index (χ2v) is 2.57. The molecule has 4 heteroatoms. The number of nitrogens with two attached hydrogens (primary N) is 1. The summed E-state index contributed by atoms with van der Waals surface area (Å²) in [5, 5.41) is 0. The van der Waals surface area contributed by atoms with Crippen molar-refractivity contribution in [1.82, 2.24) is 0 Å². The van der Waals surface area contributed by atoms with Gasteiger partial charge in [0.15, 0.2) is 0 Å². The molecule has 0 saturated carbocycles. The van der Waals surface area contributed by atoms with Gasteiger partial charge in [-0.1, -0.05) is 0 Å². The van der Waals surface area contributed by atoms with Crippen LogP contribution in [0.3, 0.4) is 0 Å². The van der Waals surface area contributed by atoms with E-state index in [9.17, 15) is 13.2 Å². The average molecular weight is 175 g/mol. The van der Waals surface area contributed by atoms with E-state index in [0.29, 0.717) is 12.1 Å². The second kappa shape index (κ2) is 3.15. The maximum Gasteiger partial charge on any atom is 0.133 e. The predicted molar refractivity (Wildman–Crippen MR) is 38.9 cm³/mol. The van der Waals surface area contributed by atoms with E-state index in [0.717, 1.165) is 0 Å². The van der Waals surface area contributed by atoms with Gasteiger partial charge in [-0.05, 0) is 6.92 Å². The normalized spacial score (nSPS) is 13.1. The standard InChI is InChI=1S/C8H8F3N/c1-4(12)8-6(10)2-5(9)3-7(8)11/h2-4H,12H2,1H3. The van der Waals surface area contributed by atoms with Crippen molar-refractivity contribution in [2.45, 2.75) is 13.0 Å². The van der Waals surface area contributed by atoms with E-state index < -0.39 is 23.5 Å². The molecule has 1 atom stereocenters. The fourth-order valence-corrected chi connectivity index (χ4v) is 0.988. The summed E-state index contributed by atoms with van der Waals surface area (Å²) in [5.41, 5.74) is 4.98. The van der Waals surface area contributed by atoms with Gasteiger partial charge in [0, 0.05) is 23.7 Å². The summed E-state index contributed by atoms with van der Waals surface area (Å²) in [6.07, 6.45) is 0. The Morgan fingerprint density at radius 2 is 1.58 bits per heavy atom. The van der Waals surface area contributed by atoms with Crippen molar-refractivity contribution >= 4 is 0 Å². The highest BCUT2D eigenvalue weighted by atomic mass is 19.1. The highest BCUT2D eigenvalue weighted by Gasteiger charge is 2.14. The zero-order valence-electron chi connectivity index (χ0n) is 6.44. The van der Waals surface area contributed by atoms with Crippen LogP contribution in [-0.4, -0.2) is 0 Å². The molecule has 1 aromatic rings. The van der Waals surface area contributed by atoms with E-state index in [4.69, 9.17) is 5.73 Å². The summed E-state index contributed by atoms with van der Waals surface area (Å²) in [6, 6.07) is 0.453. The second-order valence-electron chi connectivity index (χ2n) is 2.57. The van der Waals surface area contributed by atoms with Gasteiger partial charge in [-0.3, -0.25) is 0 Å². The Bertz CT molecular complexity index is 273. The molecule has 1 rings (SSSR count). The molecule has 1 unspecified atom stereocenters. The van der Waals surface area contributed by atoms with E-state index in [1.807, 2.05) is 0 Å². The number of benzene rings is 1. The molecular weight excluding hydrogens is 167 g/mol. The van der Waals surface area contributed by atoms with E-state index in [1.54, 1.807) is 0 Å². The van der Waals surface area contributed by atoms with Gasteiger partial charge in [-0.15, -0.1) is 0 Å². The van der Waals surface area contributed by atoms with Crippen molar-refractivity contribution in [3.8, 4) is 0 Å². The Morgan fingerprint density at radius 3 is 1.92 bits per heavy atom. The van der Waals surface area contributed by atoms with Gasteiger partial charge in [0.25, 0.3) is 0 Å². The van der Waals surface area contributed by atoms with E-state index >= 15 is 0 Å². The van der Waals surface area contributed by atoms with Gasteiger partial charge in [-0.2, -0.15) is 0 Å². The fourth-order valence-electron chi connectivity index (χ4n) is 0.988. The fraction of sp³-hybridized carbons (Fsp3) is 0.250. The third-order valence-electron chi connectivity index (χ3n) is 1.50. The third kappa shape index (κ3) is 1.58. The number of rotatable bonds is 1. The Hall–Kier alpha value is -1.03. The van der Waals surface area contributed by atoms with Crippen molar-refractivity contribution in [3.63, 3.8) is 0 Å². The first-order valence-corrected chi connectivity index (χ1v) is 3.42. The molecule has 12 heavy (non-hydrogen) atoms. The average Bonchev–Trinajstić information content (AvgIpc) is 1.82. The molecule has 0 spiro atoms. The Kier molecular flexibility index (Phi) is 2.38. The van der Waals surface area contributed by atoms with Gasteiger partial charge in [0.05, 0.1) is 0 Å². The van der Waals surface area contributed by atoms with Crippen LogP contribution in [0.1, 0.15) is 18.5 Å². The molecule has 1 nitrogen and oxygen atoms in total. The molecule has 0 amide bonds. The predicted octanol–water partition coefficient (Wildman–Crippen LogP) is 2.12. The first kappa shape index (κ1) is 9.06. The Labute approximate surface area is 68.0 Å². The van der Waals surface area contributed by atoms with Crippen molar-refractivity contribution in [2.24, 2.45) is 5.73 Å². The monoisotopic (exact) mass is 175 g/mol. The zero-order valence-corrected chi connectivity index (χ0v) is 6.44. The molecule has 0 aliphatic heterocycles. The summed E-state index contributed by atoms with van der Waals surface area (Å²) in [6.45, 7) is 1.43. The molecule has 0 radical (unpaired) electrons. The molecule has 0 fully saturated rings. The minimum Gasteiger partial charge on any atom is -0.324 e. The highest BCUT2D eigenvalue weighted by Crippen LogP contribution is 2.19. The largest absolute Gasteiger partial charge is 0.324 e. The third-order valence-corrected chi connectivity index (χ3v) is 1.50. The van der Waals surface area contributed by atoms with E-state index in [1.165, 1.54) is 6.92 Å².